The number of rotatable bonds is 7. The summed E-state index contributed by atoms with van der Waals surface area (Å²) in [5, 5.41) is 2.90. The molecule has 3 rings (SSSR count). The molecule has 29 heavy (non-hydrogen) atoms. The number of benzene rings is 2. The fourth-order valence-electron chi connectivity index (χ4n) is 3.37. The van der Waals surface area contributed by atoms with E-state index in [-0.39, 0.29) is 18.2 Å². The zero-order valence-corrected chi connectivity index (χ0v) is 16.8. The molecule has 1 fully saturated rings. The molecule has 1 aliphatic rings. The predicted molar refractivity (Wildman–Crippen MR) is 111 cm³/mol. The van der Waals surface area contributed by atoms with E-state index in [2.05, 4.69) is 5.32 Å². The summed E-state index contributed by atoms with van der Waals surface area (Å²) in [4.78, 5) is 27.8. The van der Waals surface area contributed by atoms with Crippen LogP contribution in [-0.4, -0.2) is 55.9 Å². The average Bonchev–Trinajstić information content (AvgIpc) is 2.70. The summed E-state index contributed by atoms with van der Waals surface area (Å²) in [6.45, 7) is 6.62. The Balaban J connectivity index is 1.54. The number of nitrogens with one attached hydrogen (secondary N) is 1. The second-order valence-corrected chi connectivity index (χ2v) is 6.96. The monoisotopic (exact) mass is 399 g/mol. The van der Waals surface area contributed by atoms with Gasteiger partial charge in [0.05, 0.1) is 24.5 Å². The van der Waals surface area contributed by atoms with Gasteiger partial charge in [-0.2, -0.15) is 0 Å². The van der Waals surface area contributed by atoms with E-state index in [1.165, 1.54) is 13.0 Å². The number of halogens is 1. The highest BCUT2D eigenvalue weighted by Crippen LogP contribution is 2.24. The highest BCUT2D eigenvalue weighted by atomic mass is 19.1. The van der Waals surface area contributed by atoms with Gasteiger partial charge in [-0.25, -0.2) is 4.39 Å². The van der Waals surface area contributed by atoms with Crippen molar-refractivity contribution < 1.29 is 18.7 Å². The van der Waals surface area contributed by atoms with E-state index < -0.39 is 5.82 Å². The van der Waals surface area contributed by atoms with Crippen LogP contribution in [0.25, 0.3) is 0 Å². The molecule has 2 aromatic rings. The van der Waals surface area contributed by atoms with Crippen LogP contribution < -0.4 is 15.0 Å². The molecule has 0 spiro atoms. The van der Waals surface area contributed by atoms with Gasteiger partial charge in [-0.05, 0) is 44.2 Å². The molecule has 1 amide bonds. The standard InChI is InChI=1S/C22H26FN3O3/c1-3-29-21-7-5-4-6-19(21)24-22(28)15-25-10-12-26(13-11-25)20-9-8-17(16(2)27)14-18(20)23/h4-9,14H,3,10-13,15H2,1-2H3,(H,24,28). The predicted octanol–water partition coefficient (Wildman–Crippen LogP) is 3.19. The summed E-state index contributed by atoms with van der Waals surface area (Å²) >= 11 is 0. The van der Waals surface area contributed by atoms with Crippen molar-refractivity contribution in [2.75, 3.05) is 49.5 Å². The molecule has 0 radical (unpaired) electrons. The zero-order chi connectivity index (χ0) is 20.8. The molecule has 6 nitrogen and oxygen atoms in total. The van der Waals surface area contributed by atoms with Gasteiger partial charge in [0.25, 0.3) is 0 Å². The van der Waals surface area contributed by atoms with Gasteiger partial charge in [0.2, 0.25) is 5.91 Å². The number of anilines is 2. The van der Waals surface area contributed by atoms with Crippen LogP contribution in [-0.2, 0) is 4.79 Å². The summed E-state index contributed by atoms with van der Waals surface area (Å²) in [6, 6.07) is 11.9. The number of para-hydroxylation sites is 2. The maximum Gasteiger partial charge on any atom is 0.238 e. The highest BCUT2D eigenvalue weighted by molar-refractivity contribution is 5.94. The van der Waals surface area contributed by atoms with Crippen LogP contribution >= 0.6 is 0 Å². The Labute approximate surface area is 170 Å². The lowest BCUT2D eigenvalue weighted by atomic mass is 10.1. The van der Waals surface area contributed by atoms with Crippen LogP contribution in [0.2, 0.25) is 0 Å². The average molecular weight is 399 g/mol. The molecule has 1 saturated heterocycles. The zero-order valence-electron chi connectivity index (χ0n) is 16.8. The van der Waals surface area contributed by atoms with Gasteiger partial charge < -0.3 is 15.0 Å². The van der Waals surface area contributed by atoms with Crippen molar-refractivity contribution in [2.24, 2.45) is 0 Å². The third kappa shape index (κ3) is 5.32. The van der Waals surface area contributed by atoms with Gasteiger partial charge in [0, 0.05) is 31.7 Å². The largest absolute Gasteiger partial charge is 0.492 e. The van der Waals surface area contributed by atoms with E-state index in [1.54, 1.807) is 12.1 Å². The minimum absolute atomic E-state index is 0.109. The Hall–Kier alpha value is -2.93. The number of piperazine rings is 1. The quantitative estimate of drug-likeness (QED) is 0.725. The fourth-order valence-corrected chi connectivity index (χ4v) is 3.37. The van der Waals surface area contributed by atoms with Crippen molar-refractivity contribution >= 4 is 23.1 Å². The minimum Gasteiger partial charge on any atom is -0.492 e. The molecule has 0 aromatic heterocycles. The van der Waals surface area contributed by atoms with E-state index in [4.69, 9.17) is 4.74 Å². The van der Waals surface area contributed by atoms with Crippen LogP contribution in [0.1, 0.15) is 24.2 Å². The number of carbonyl (C=O) groups excluding carboxylic acids is 2. The third-order valence-corrected chi connectivity index (χ3v) is 4.90. The second-order valence-electron chi connectivity index (χ2n) is 6.96. The second kappa shape index (κ2) is 9.52. The van der Waals surface area contributed by atoms with Gasteiger partial charge in [-0.1, -0.05) is 12.1 Å². The molecule has 1 N–H and O–H groups in total. The molecule has 2 aromatic carbocycles. The Morgan fingerprint density at radius 3 is 2.48 bits per heavy atom. The first kappa shape index (κ1) is 20.8. The van der Waals surface area contributed by atoms with E-state index in [0.717, 1.165) is 0 Å². The summed E-state index contributed by atoms with van der Waals surface area (Å²) in [5.41, 5.74) is 1.52. The van der Waals surface area contributed by atoms with E-state index in [1.807, 2.05) is 41.0 Å². The maximum absolute atomic E-state index is 14.4. The fraction of sp³-hybridized carbons (Fsp3) is 0.364. The Morgan fingerprint density at radius 1 is 1.10 bits per heavy atom. The number of ketones is 1. The van der Waals surface area contributed by atoms with Gasteiger partial charge >= 0.3 is 0 Å². The van der Waals surface area contributed by atoms with Crippen molar-refractivity contribution in [1.29, 1.82) is 0 Å². The van der Waals surface area contributed by atoms with Crippen molar-refractivity contribution in [2.45, 2.75) is 13.8 Å². The normalized spacial score (nSPS) is 14.5. The molecular formula is C22H26FN3O3. The van der Waals surface area contributed by atoms with Gasteiger partial charge in [-0.3, -0.25) is 14.5 Å². The van der Waals surface area contributed by atoms with Crippen LogP contribution in [0.5, 0.6) is 5.75 Å². The molecule has 154 valence electrons. The van der Waals surface area contributed by atoms with Crippen LogP contribution in [0.4, 0.5) is 15.8 Å². The summed E-state index contributed by atoms with van der Waals surface area (Å²) in [7, 11) is 0. The lowest BCUT2D eigenvalue weighted by Gasteiger charge is -2.35. The number of nitrogens with zero attached hydrogens (tertiary/aromatic N) is 2. The van der Waals surface area contributed by atoms with Crippen LogP contribution in [0.3, 0.4) is 0 Å². The lowest BCUT2D eigenvalue weighted by molar-refractivity contribution is -0.117. The first-order valence-electron chi connectivity index (χ1n) is 9.77. The Morgan fingerprint density at radius 2 is 1.83 bits per heavy atom. The maximum atomic E-state index is 14.4. The van der Waals surface area contributed by atoms with Crippen LogP contribution in [0, 0.1) is 5.82 Å². The Bertz CT molecular complexity index is 879. The van der Waals surface area contributed by atoms with E-state index in [9.17, 15) is 14.0 Å². The molecule has 1 aliphatic heterocycles. The van der Waals surface area contributed by atoms with Crippen molar-refractivity contribution in [3.05, 3.63) is 53.8 Å². The number of Topliss-reactive ketones (excluding diaryl/α,β-unsaturated/α-hetero) is 1. The third-order valence-electron chi connectivity index (χ3n) is 4.90. The van der Waals surface area contributed by atoms with E-state index in [0.29, 0.717) is 55.5 Å². The summed E-state index contributed by atoms with van der Waals surface area (Å²) in [6.07, 6.45) is 0. The molecule has 0 atom stereocenters. The van der Waals surface area contributed by atoms with Crippen molar-refractivity contribution in [1.82, 2.24) is 4.90 Å². The first-order valence-corrected chi connectivity index (χ1v) is 9.77. The molecule has 0 bridgehead atoms. The number of hydrogen-bond acceptors (Lipinski definition) is 5. The van der Waals surface area contributed by atoms with Gasteiger partial charge in [-0.15, -0.1) is 0 Å². The lowest BCUT2D eigenvalue weighted by Crippen LogP contribution is -2.49. The van der Waals surface area contributed by atoms with Crippen molar-refractivity contribution in [3.8, 4) is 5.75 Å². The SMILES string of the molecule is CCOc1ccccc1NC(=O)CN1CCN(c2ccc(C(C)=O)cc2F)CC1. The molecular weight excluding hydrogens is 373 g/mol. The molecule has 0 saturated carbocycles. The highest BCUT2D eigenvalue weighted by Gasteiger charge is 2.22. The molecule has 7 heteroatoms. The summed E-state index contributed by atoms with van der Waals surface area (Å²) in [5.74, 6) is -0.00568. The topological polar surface area (TPSA) is 61.9 Å². The van der Waals surface area contributed by atoms with Gasteiger partial charge in [0.15, 0.2) is 5.78 Å². The summed E-state index contributed by atoms with van der Waals surface area (Å²) < 4.78 is 19.9. The van der Waals surface area contributed by atoms with Crippen LogP contribution in [0.15, 0.2) is 42.5 Å². The number of hydrogen-bond donors (Lipinski definition) is 1. The molecule has 0 aliphatic carbocycles. The molecule has 1 heterocycles. The first-order chi connectivity index (χ1) is 14.0. The number of ether oxygens (including phenoxy) is 1. The molecule has 0 unspecified atom stereocenters. The minimum atomic E-state index is -0.392. The van der Waals surface area contributed by atoms with Gasteiger partial charge in [0.1, 0.15) is 11.6 Å². The van der Waals surface area contributed by atoms with E-state index >= 15 is 0 Å². The number of carbonyl (C=O) groups is 2. The Kier molecular flexibility index (Phi) is 6.82. The van der Waals surface area contributed by atoms with Crippen molar-refractivity contribution in [3.63, 3.8) is 0 Å². The number of amides is 1. The smallest absolute Gasteiger partial charge is 0.238 e.